The minimum Gasteiger partial charge on any atom is -0.493 e. The molecule has 1 atom stereocenters. The van der Waals surface area contributed by atoms with Crippen molar-refractivity contribution in [2.75, 3.05) is 13.9 Å². The molecule has 5 heteroatoms. The summed E-state index contributed by atoms with van der Waals surface area (Å²) in [5.41, 5.74) is 0.812. The zero-order valence-corrected chi connectivity index (χ0v) is 10.7. The Balaban J connectivity index is 2.36. The molecule has 2 rings (SSSR count). The van der Waals surface area contributed by atoms with Crippen LogP contribution in [-0.2, 0) is 0 Å². The van der Waals surface area contributed by atoms with Crippen LogP contribution < -0.4 is 19.5 Å². The Hall–Kier alpha value is -1.93. The minimum atomic E-state index is -0.395. The standard InChI is InChI=1S/C13H16N2O3/c1-8(2)15-10(6-14)9-4-11(16-3)13-12(5-9)17-7-18-13/h4-5,8,10,15H,7H2,1-3H3. The third-order valence-corrected chi connectivity index (χ3v) is 2.64. The maximum absolute atomic E-state index is 9.22. The van der Waals surface area contributed by atoms with Gasteiger partial charge in [-0.05, 0) is 31.5 Å². The van der Waals surface area contributed by atoms with E-state index < -0.39 is 6.04 Å². The van der Waals surface area contributed by atoms with Crippen molar-refractivity contribution in [1.82, 2.24) is 5.32 Å². The molecule has 1 aliphatic heterocycles. The number of nitriles is 1. The van der Waals surface area contributed by atoms with Crippen LogP contribution >= 0.6 is 0 Å². The van der Waals surface area contributed by atoms with Crippen molar-refractivity contribution >= 4 is 0 Å². The van der Waals surface area contributed by atoms with Gasteiger partial charge in [-0.2, -0.15) is 5.26 Å². The molecule has 5 nitrogen and oxygen atoms in total. The maximum atomic E-state index is 9.22. The topological polar surface area (TPSA) is 63.5 Å². The summed E-state index contributed by atoms with van der Waals surface area (Å²) < 4.78 is 15.9. The second kappa shape index (κ2) is 5.15. The smallest absolute Gasteiger partial charge is 0.231 e. The van der Waals surface area contributed by atoms with Crippen LogP contribution in [0.1, 0.15) is 25.5 Å². The fraction of sp³-hybridized carbons (Fsp3) is 0.462. The van der Waals surface area contributed by atoms with Crippen LogP contribution in [0.15, 0.2) is 12.1 Å². The highest BCUT2D eigenvalue weighted by molar-refractivity contribution is 5.56. The lowest BCUT2D eigenvalue weighted by Gasteiger charge is -2.16. The molecular weight excluding hydrogens is 232 g/mol. The van der Waals surface area contributed by atoms with Crippen molar-refractivity contribution in [3.05, 3.63) is 17.7 Å². The van der Waals surface area contributed by atoms with Gasteiger partial charge in [0.1, 0.15) is 6.04 Å². The van der Waals surface area contributed by atoms with Crippen LogP contribution in [0.2, 0.25) is 0 Å². The number of methoxy groups -OCH3 is 1. The first-order valence-electron chi connectivity index (χ1n) is 5.79. The van der Waals surface area contributed by atoms with E-state index in [0.717, 1.165) is 5.56 Å². The molecule has 0 aliphatic carbocycles. The fourth-order valence-corrected chi connectivity index (χ4v) is 1.86. The van der Waals surface area contributed by atoms with Crippen molar-refractivity contribution in [2.24, 2.45) is 0 Å². The Kier molecular flexibility index (Phi) is 3.58. The van der Waals surface area contributed by atoms with Gasteiger partial charge < -0.3 is 14.2 Å². The van der Waals surface area contributed by atoms with Gasteiger partial charge in [0.15, 0.2) is 11.5 Å². The van der Waals surface area contributed by atoms with E-state index in [4.69, 9.17) is 14.2 Å². The number of rotatable bonds is 4. The normalized spacial score (nSPS) is 14.4. The summed E-state index contributed by atoms with van der Waals surface area (Å²) in [6.45, 7) is 4.17. The molecule has 1 unspecified atom stereocenters. The highest BCUT2D eigenvalue weighted by atomic mass is 16.7. The Morgan fingerprint density at radius 3 is 2.78 bits per heavy atom. The molecule has 0 aromatic heterocycles. The van der Waals surface area contributed by atoms with Crippen LogP contribution in [0.5, 0.6) is 17.2 Å². The second-order valence-electron chi connectivity index (χ2n) is 4.34. The van der Waals surface area contributed by atoms with E-state index >= 15 is 0 Å². The van der Waals surface area contributed by atoms with Gasteiger partial charge in [-0.15, -0.1) is 0 Å². The average Bonchev–Trinajstić information content (AvgIpc) is 2.82. The van der Waals surface area contributed by atoms with E-state index in [2.05, 4.69) is 11.4 Å². The van der Waals surface area contributed by atoms with Gasteiger partial charge in [-0.25, -0.2) is 0 Å². The number of fused-ring (bicyclic) bond motifs is 1. The zero-order valence-electron chi connectivity index (χ0n) is 10.7. The molecule has 1 aliphatic rings. The quantitative estimate of drug-likeness (QED) is 0.882. The molecule has 96 valence electrons. The maximum Gasteiger partial charge on any atom is 0.231 e. The van der Waals surface area contributed by atoms with E-state index in [0.29, 0.717) is 17.2 Å². The molecule has 0 amide bonds. The highest BCUT2D eigenvalue weighted by Crippen LogP contribution is 2.42. The van der Waals surface area contributed by atoms with Crippen LogP contribution in [0.25, 0.3) is 0 Å². The summed E-state index contributed by atoms with van der Waals surface area (Å²) in [5, 5.41) is 12.4. The first-order chi connectivity index (χ1) is 8.65. The summed E-state index contributed by atoms with van der Waals surface area (Å²) in [6.07, 6.45) is 0. The SMILES string of the molecule is COc1cc(C(C#N)NC(C)C)cc2c1OCO2. The molecule has 1 N–H and O–H groups in total. The Morgan fingerprint density at radius 1 is 1.39 bits per heavy atom. The molecule has 1 aromatic carbocycles. The summed E-state index contributed by atoms with van der Waals surface area (Å²) in [4.78, 5) is 0. The monoisotopic (exact) mass is 248 g/mol. The van der Waals surface area contributed by atoms with Crippen molar-refractivity contribution in [3.63, 3.8) is 0 Å². The van der Waals surface area contributed by atoms with E-state index in [1.54, 1.807) is 13.2 Å². The lowest BCUT2D eigenvalue weighted by atomic mass is 10.1. The van der Waals surface area contributed by atoms with E-state index in [9.17, 15) is 5.26 Å². The lowest BCUT2D eigenvalue weighted by molar-refractivity contribution is 0.171. The van der Waals surface area contributed by atoms with Gasteiger partial charge in [0.2, 0.25) is 12.5 Å². The van der Waals surface area contributed by atoms with Crippen LogP contribution in [0, 0.1) is 11.3 Å². The Labute approximate surface area is 106 Å². The minimum absolute atomic E-state index is 0.185. The highest BCUT2D eigenvalue weighted by Gasteiger charge is 2.23. The van der Waals surface area contributed by atoms with Crippen molar-refractivity contribution in [3.8, 4) is 23.3 Å². The molecule has 1 heterocycles. The molecular formula is C13H16N2O3. The Morgan fingerprint density at radius 2 is 2.17 bits per heavy atom. The van der Waals surface area contributed by atoms with Crippen molar-refractivity contribution < 1.29 is 14.2 Å². The number of nitrogens with zero attached hydrogens (tertiary/aromatic N) is 1. The molecule has 0 fully saturated rings. The second-order valence-corrected chi connectivity index (χ2v) is 4.34. The van der Waals surface area contributed by atoms with Gasteiger partial charge in [0.05, 0.1) is 13.2 Å². The van der Waals surface area contributed by atoms with Gasteiger partial charge in [0, 0.05) is 6.04 Å². The van der Waals surface area contributed by atoms with Gasteiger partial charge in [0.25, 0.3) is 0 Å². The van der Waals surface area contributed by atoms with Gasteiger partial charge in [-0.3, -0.25) is 5.32 Å². The number of hydrogen-bond acceptors (Lipinski definition) is 5. The third kappa shape index (κ3) is 2.34. The third-order valence-electron chi connectivity index (χ3n) is 2.64. The first-order valence-corrected chi connectivity index (χ1v) is 5.79. The molecule has 0 saturated heterocycles. The molecule has 18 heavy (non-hydrogen) atoms. The summed E-state index contributed by atoms with van der Waals surface area (Å²) in [6, 6.07) is 5.66. The number of nitrogens with one attached hydrogen (secondary N) is 1. The largest absolute Gasteiger partial charge is 0.493 e. The Bertz CT molecular complexity index is 480. The van der Waals surface area contributed by atoms with E-state index in [1.807, 2.05) is 19.9 Å². The predicted molar refractivity (Wildman–Crippen MR) is 65.7 cm³/mol. The fourth-order valence-electron chi connectivity index (χ4n) is 1.86. The molecule has 0 bridgehead atoms. The number of ether oxygens (including phenoxy) is 3. The molecule has 1 aromatic rings. The predicted octanol–water partition coefficient (Wildman–Crippen LogP) is 1.99. The molecule has 0 saturated carbocycles. The number of benzene rings is 1. The molecule has 0 radical (unpaired) electrons. The molecule has 0 spiro atoms. The summed E-state index contributed by atoms with van der Waals surface area (Å²) >= 11 is 0. The number of hydrogen-bond donors (Lipinski definition) is 1. The van der Waals surface area contributed by atoms with Crippen molar-refractivity contribution in [1.29, 1.82) is 5.26 Å². The summed E-state index contributed by atoms with van der Waals surface area (Å²) in [5.74, 6) is 1.81. The van der Waals surface area contributed by atoms with Crippen LogP contribution in [0.3, 0.4) is 0 Å². The lowest BCUT2D eigenvalue weighted by Crippen LogP contribution is -2.27. The zero-order chi connectivity index (χ0) is 13.1. The van der Waals surface area contributed by atoms with E-state index in [-0.39, 0.29) is 12.8 Å². The van der Waals surface area contributed by atoms with E-state index in [1.165, 1.54) is 0 Å². The first kappa shape index (κ1) is 12.5. The van der Waals surface area contributed by atoms with Gasteiger partial charge in [-0.1, -0.05) is 0 Å². The van der Waals surface area contributed by atoms with Gasteiger partial charge >= 0.3 is 0 Å². The summed E-state index contributed by atoms with van der Waals surface area (Å²) in [7, 11) is 1.57. The van der Waals surface area contributed by atoms with Crippen LogP contribution in [-0.4, -0.2) is 19.9 Å². The average molecular weight is 248 g/mol. The van der Waals surface area contributed by atoms with Crippen molar-refractivity contribution in [2.45, 2.75) is 25.9 Å². The van der Waals surface area contributed by atoms with Crippen LogP contribution in [0.4, 0.5) is 0 Å².